The molecule has 0 aliphatic rings. The van der Waals surface area contributed by atoms with Gasteiger partial charge in [-0.15, -0.1) is 0 Å². The Kier molecular flexibility index (Phi) is 4.69. The van der Waals surface area contributed by atoms with Gasteiger partial charge in [0.2, 0.25) is 5.91 Å². The van der Waals surface area contributed by atoms with Crippen LogP contribution >= 0.6 is 0 Å². The zero-order chi connectivity index (χ0) is 15.5. The average molecular weight is 293 g/mol. The van der Waals surface area contributed by atoms with Gasteiger partial charge in [0, 0.05) is 6.92 Å². The summed E-state index contributed by atoms with van der Waals surface area (Å²) in [5.41, 5.74) is -1.80. The maximum Gasteiger partial charge on any atom is 0.416 e. The lowest BCUT2D eigenvalue weighted by Crippen LogP contribution is -2.30. The van der Waals surface area contributed by atoms with Crippen molar-refractivity contribution in [3.63, 3.8) is 0 Å². The van der Waals surface area contributed by atoms with Crippen molar-refractivity contribution < 1.29 is 32.3 Å². The highest BCUT2D eigenvalue weighted by molar-refractivity contribution is 5.75. The predicted octanol–water partition coefficient (Wildman–Crippen LogP) is 2.50. The minimum Gasteiger partial charge on any atom is -0.481 e. The fraction of sp³-hybridized carbons (Fsp3) is 0.333. The van der Waals surface area contributed by atoms with E-state index in [0.29, 0.717) is 0 Å². The van der Waals surface area contributed by atoms with E-state index in [1.165, 1.54) is 0 Å². The summed E-state index contributed by atoms with van der Waals surface area (Å²) in [4.78, 5) is 21.7. The molecule has 0 heterocycles. The van der Waals surface area contributed by atoms with Crippen LogP contribution in [0.1, 0.15) is 30.5 Å². The average Bonchev–Trinajstić information content (AvgIpc) is 2.25. The summed E-state index contributed by atoms with van der Waals surface area (Å²) in [6.07, 6.45) is -5.60. The number of hydrogen-bond acceptors (Lipinski definition) is 2. The Hall–Kier alpha value is -2.12. The highest BCUT2D eigenvalue weighted by Crippen LogP contribution is 2.36. The fourth-order valence-corrected chi connectivity index (χ4v) is 1.74. The van der Waals surface area contributed by atoms with E-state index in [0.717, 1.165) is 19.1 Å². The van der Waals surface area contributed by atoms with Crippen molar-refractivity contribution in [1.29, 1.82) is 0 Å². The molecule has 1 atom stereocenters. The molecule has 0 fully saturated rings. The molecule has 20 heavy (non-hydrogen) atoms. The standard InChI is InChI=1S/C12H11F4NO3/c1-6(18)17-10(5-11(19)20)8-3-2-7(13)4-9(8)12(14,15)16/h2-4,10H,5H2,1H3,(H,17,18)(H,19,20). The van der Waals surface area contributed by atoms with Gasteiger partial charge in [0.1, 0.15) is 5.82 Å². The Morgan fingerprint density at radius 2 is 1.95 bits per heavy atom. The van der Waals surface area contributed by atoms with E-state index in [-0.39, 0.29) is 6.07 Å². The molecule has 0 aromatic heterocycles. The summed E-state index contributed by atoms with van der Waals surface area (Å²) >= 11 is 0. The lowest BCUT2D eigenvalue weighted by atomic mass is 9.97. The highest BCUT2D eigenvalue weighted by Gasteiger charge is 2.36. The van der Waals surface area contributed by atoms with Crippen LogP contribution in [0, 0.1) is 5.82 Å². The SMILES string of the molecule is CC(=O)NC(CC(=O)O)c1ccc(F)cc1C(F)(F)F. The minimum absolute atomic E-state index is 0.270. The highest BCUT2D eigenvalue weighted by atomic mass is 19.4. The lowest BCUT2D eigenvalue weighted by molar-refractivity contribution is -0.141. The molecule has 0 radical (unpaired) electrons. The van der Waals surface area contributed by atoms with E-state index in [9.17, 15) is 27.2 Å². The summed E-state index contributed by atoms with van der Waals surface area (Å²) in [6, 6.07) is 0.483. The van der Waals surface area contributed by atoms with Gasteiger partial charge >= 0.3 is 12.1 Å². The van der Waals surface area contributed by atoms with Gasteiger partial charge < -0.3 is 10.4 Å². The Labute approximate surface area is 111 Å². The first-order chi connectivity index (χ1) is 9.11. The minimum atomic E-state index is -4.85. The third-order valence-electron chi connectivity index (χ3n) is 2.45. The summed E-state index contributed by atoms with van der Waals surface area (Å²) in [6.45, 7) is 1.05. The van der Waals surface area contributed by atoms with Crippen LogP contribution in [0.2, 0.25) is 0 Å². The number of nitrogens with one attached hydrogen (secondary N) is 1. The molecule has 0 saturated heterocycles. The zero-order valence-corrected chi connectivity index (χ0v) is 10.3. The molecule has 0 aliphatic heterocycles. The molecule has 0 spiro atoms. The van der Waals surface area contributed by atoms with Gasteiger partial charge in [-0.25, -0.2) is 4.39 Å². The number of carbonyl (C=O) groups is 2. The molecule has 110 valence electrons. The molecule has 0 aliphatic carbocycles. The zero-order valence-electron chi connectivity index (χ0n) is 10.3. The molecule has 8 heteroatoms. The third kappa shape index (κ3) is 4.22. The first kappa shape index (κ1) is 15.9. The smallest absolute Gasteiger partial charge is 0.416 e. The van der Waals surface area contributed by atoms with Crippen molar-refractivity contribution in [3.8, 4) is 0 Å². The Morgan fingerprint density at radius 3 is 2.40 bits per heavy atom. The number of amides is 1. The molecule has 1 aromatic rings. The molecule has 1 amide bonds. The van der Waals surface area contributed by atoms with Crippen LogP contribution in [0.4, 0.5) is 17.6 Å². The van der Waals surface area contributed by atoms with E-state index in [1.54, 1.807) is 0 Å². The third-order valence-corrected chi connectivity index (χ3v) is 2.45. The normalized spacial score (nSPS) is 12.8. The number of hydrogen-bond donors (Lipinski definition) is 2. The molecule has 1 aromatic carbocycles. The second-order valence-electron chi connectivity index (χ2n) is 4.08. The van der Waals surface area contributed by atoms with Crippen LogP contribution in [0.5, 0.6) is 0 Å². The van der Waals surface area contributed by atoms with Crippen molar-refractivity contribution in [2.75, 3.05) is 0 Å². The first-order valence-electron chi connectivity index (χ1n) is 5.46. The van der Waals surface area contributed by atoms with E-state index in [2.05, 4.69) is 5.32 Å². The van der Waals surface area contributed by atoms with Crippen LogP contribution in [0.25, 0.3) is 0 Å². The number of rotatable bonds is 4. The summed E-state index contributed by atoms with van der Waals surface area (Å²) in [5.74, 6) is -3.17. The summed E-state index contributed by atoms with van der Waals surface area (Å²) in [7, 11) is 0. The van der Waals surface area contributed by atoms with Crippen molar-refractivity contribution in [1.82, 2.24) is 5.32 Å². The lowest BCUT2D eigenvalue weighted by Gasteiger charge is -2.21. The largest absolute Gasteiger partial charge is 0.481 e. The Bertz CT molecular complexity index is 512. The van der Waals surface area contributed by atoms with Gasteiger partial charge in [-0.05, 0) is 17.7 Å². The van der Waals surface area contributed by atoms with Gasteiger partial charge in [-0.2, -0.15) is 13.2 Å². The Morgan fingerprint density at radius 1 is 1.35 bits per heavy atom. The van der Waals surface area contributed by atoms with Crippen LogP contribution < -0.4 is 5.32 Å². The molecule has 1 unspecified atom stereocenters. The molecule has 2 N–H and O–H groups in total. The molecular weight excluding hydrogens is 282 g/mol. The maximum atomic E-state index is 13.0. The molecule has 1 rings (SSSR count). The molecular formula is C12H11F4NO3. The summed E-state index contributed by atoms with van der Waals surface area (Å²) < 4.78 is 51.5. The van der Waals surface area contributed by atoms with Crippen LogP contribution in [-0.4, -0.2) is 17.0 Å². The second-order valence-corrected chi connectivity index (χ2v) is 4.08. The van der Waals surface area contributed by atoms with Gasteiger partial charge in [0.15, 0.2) is 0 Å². The second kappa shape index (κ2) is 5.89. The fourth-order valence-electron chi connectivity index (χ4n) is 1.74. The molecule has 4 nitrogen and oxygen atoms in total. The number of aliphatic carboxylic acids is 1. The van der Waals surface area contributed by atoms with Crippen molar-refractivity contribution in [2.45, 2.75) is 25.6 Å². The summed E-state index contributed by atoms with van der Waals surface area (Å²) in [5, 5.41) is 10.8. The number of carboxylic acids is 1. The number of carboxylic acid groups (broad SMARTS) is 1. The maximum absolute atomic E-state index is 13.0. The van der Waals surface area contributed by atoms with Crippen LogP contribution in [0.15, 0.2) is 18.2 Å². The van der Waals surface area contributed by atoms with Gasteiger partial charge in [0.05, 0.1) is 18.0 Å². The van der Waals surface area contributed by atoms with Crippen molar-refractivity contribution in [2.24, 2.45) is 0 Å². The van der Waals surface area contributed by atoms with E-state index < -0.39 is 47.5 Å². The number of halogens is 4. The number of alkyl halides is 3. The van der Waals surface area contributed by atoms with Crippen molar-refractivity contribution in [3.05, 3.63) is 35.1 Å². The van der Waals surface area contributed by atoms with E-state index in [1.807, 2.05) is 0 Å². The predicted molar refractivity (Wildman–Crippen MR) is 60.2 cm³/mol. The number of benzene rings is 1. The quantitative estimate of drug-likeness (QED) is 0.838. The van der Waals surface area contributed by atoms with Gasteiger partial charge in [-0.1, -0.05) is 6.07 Å². The van der Waals surface area contributed by atoms with Crippen LogP contribution in [0.3, 0.4) is 0 Å². The topological polar surface area (TPSA) is 66.4 Å². The molecule has 0 bridgehead atoms. The van der Waals surface area contributed by atoms with Crippen molar-refractivity contribution >= 4 is 11.9 Å². The molecule has 0 saturated carbocycles. The Balaban J connectivity index is 3.31. The van der Waals surface area contributed by atoms with E-state index in [4.69, 9.17) is 5.11 Å². The first-order valence-corrected chi connectivity index (χ1v) is 5.46. The van der Waals surface area contributed by atoms with Gasteiger partial charge in [0.25, 0.3) is 0 Å². The van der Waals surface area contributed by atoms with Gasteiger partial charge in [-0.3, -0.25) is 9.59 Å². The van der Waals surface area contributed by atoms with E-state index >= 15 is 0 Å². The number of carbonyl (C=O) groups excluding carboxylic acids is 1. The van der Waals surface area contributed by atoms with Crippen LogP contribution in [-0.2, 0) is 15.8 Å². The monoisotopic (exact) mass is 293 g/mol.